The maximum absolute atomic E-state index is 13.3. The summed E-state index contributed by atoms with van der Waals surface area (Å²) < 4.78 is 41.0. The molecule has 0 spiro atoms. The standard InChI is InChI=1S/C17H18FN3O4S/c18-14-4-3-5-15(12-14)26(24,25)21-10-8-19(9-11-21)17(23)13-20-7-2-1-6-16(20)22/h1-7,12H,8-11,13H2. The van der Waals surface area contributed by atoms with Gasteiger partial charge in [0.05, 0.1) is 4.90 Å². The molecule has 7 nitrogen and oxygen atoms in total. The molecule has 1 saturated heterocycles. The van der Waals surface area contributed by atoms with E-state index >= 15 is 0 Å². The van der Waals surface area contributed by atoms with Crippen molar-refractivity contribution in [2.24, 2.45) is 0 Å². The average Bonchev–Trinajstić information content (AvgIpc) is 2.63. The Bertz CT molecular complexity index is 966. The Morgan fingerprint density at radius 1 is 1.04 bits per heavy atom. The van der Waals surface area contributed by atoms with Crippen LogP contribution in [0.25, 0.3) is 0 Å². The number of amides is 1. The van der Waals surface area contributed by atoms with Crippen LogP contribution in [0.3, 0.4) is 0 Å². The van der Waals surface area contributed by atoms with Crippen LogP contribution in [0.2, 0.25) is 0 Å². The Hall–Kier alpha value is -2.52. The number of pyridine rings is 1. The number of benzene rings is 1. The molecule has 0 bridgehead atoms. The summed E-state index contributed by atoms with van der Waals surface area (Å²) in [7, 11) is -3.80. The van der Waals surface area contributed by atoms with Crippen molar-refractivity contribution in [3.8, 4) is 0 Å². The molecule has 1 aromatic carbocycles. The fraction of sp³-hybridized carbons (Fsp3) is 0.294. The fourth-order valence-corrected chi connectivity index (χ4v) is 4.25. The Labute approximate surface area is 150 Å². The van der Waals surface area contributed by atoms with E-state index in [0.29, 0.717) is 0 Å². The van der Waals surface area contributed by atoms with Crippen molar-refractivity contribution in [3.05, 3.63) is 64.8 Å². The van der Waals surface area contributed by atoms with Gasteiger partial charge >= 0.3 is 0 Å². The average molecular weight is 379 g/mol. The summed E-state index contributed by atoms with van der Waals surface area (Å²) in [5, 5.41) is 0. The van der Waals surface area contributed by atoms with Gasteiger partial charge in [0.25, 0.3) is 5.56 Å². The minimum absolute atomic E-state index is 0.0870. The second-order valence-electron chi connectivity index (χ2n) is 5.91. The minimum atomic E-state index is -3.80. The first kappa shape index (κ1) is 18.3. The molecule has 1 aromatic heterocycles. The highest BCUT2D eigenvalue weighted by Gasteiger charge is 2.30. The third-order valence-corrected chi connectivity index (χ3v) is 6.12. The molecule has 1 fully saturated rings. The van der Waals surface area contributed by atoms with Gasteiger partial charge in [0, 0.05) is 38.4 Å². The van der Waals surface area contributed by atoms with Gasteiger partial charge in [0.15, 0.2) is 0 Å². The van der Waals surface area contributed by atoms with E-state index < -0.39 is 15.8 Å². The first-order valence-electron chi connectivity index (χ1n) is 8.07. The lowest BCUT2D eigenvalue weighted by atomic mass is 10.3. The van der Waals surface area contributed by atoms with Gasteiger partial charge in [-0.15, -0.1) is 0 Å². The van der Waals surface area contributed by atoms with Gasteiger partial charge in [-0.3, -0.25) is 9.59 Å². The summed E-state index contributed by atoms with van der Waals surface area (Å²) in [4.78, 5) is 25.4. The van der Waals surface area contributed by atoms with Crippen LogP contribution in [0.5, 0.6) is 0 Å². The molecular formula is C17H18FN3O4S. The van der Waals surface area contributed by atoms with Crippen molar-refractivity contribution in [1.29, 1.82) is 0 Å². The fourth-order valence-electron chi connectivity index (χ4n) is 2.79. The first-order valence-corrected chi connectivity index (χ1v) is 9.51. The van der Waals surface area contributed by atoms with Gasteiger partial charge in [-0.2, -0.15) is 4.31 Å². The van der Waals surface area contributed by atoms with Crippen LogP contribution in [0, 0.1) is 5.82 Å². The molecule has 1 amide bonds. The smallest absolute Gasteiger partial charge is 0.250 e. The maximum Gasteiger partial charge on any atom is 0.250 e. The Morgan fingerprint density at radius 3 is 2.42 bits per heavy atom. The van der Waals surface area contributed by atoms with Crippen LogP contribution in [0.1, 0.15) is 0 Å². The number of nitrogens with zero attached hydrogens (tertiary/aromatic N) is 3. The predicted molar refractivity (Wildman–Crippen MR) is 92.4 cm³/mol. The number of sulfonamides is 1. The largest absolute Gasteiger partial charge is 0.339 e. The van der Waals surface area contributed by atoms with Crippen LogP contribution in [0.15, 0.2) is 58.4 Å². The zero-order chi connectivity index (χ0) is 18.7. The molecule has 9 heteroatoms. The van der Waals surface area contributed by atoms with Crippen molar-refractivity contribution in [1.82, 2.24) is 13.8 Å². The number of hydrogen-bond acceptors (Lipinski definition) is 4. The van der Waals surface area contributed by atoms with E-state index in [1.807, 2.05) is 0 Å². The Balaban J connectivity index is 1.64. The number of carbonyl (C=O) groups excluding carboxylic acids is 1. The maximum atomic E-state index is 13.3. The lowest BCUT2D eigenvalue weighted by Gasteiger charge is -2.34. The van der Waals surface area contributed by atoms with E-state index in [4.69, 9.17) is 0 Å². The SMILES string of the molecule is O=C(Cn1ccccc1=O)N1CCN(S(=O)(=O)c2cccc(F)c2)CC1. The second-order valence-corrected chi connectivity index (χ2v) is 7.85. The van der Waals surface area contributed by atoms with Crippen molar-refractivity contribution >= 4 is 15.9 Å². The second kappa shape index (κ2) is 7.38. The summed E-state index contributed by atoms with van der Waals surface area (Å²) in [5.41, 5.74) is -0.270. The zero-order valence-corrected chi connectivity index (χ0v) is 14.7. The van der Waals surface area contributed by atoms with Gasteiger partial charge in [0.1, 0.15) is 12.4 Å². The molecule has 1 aliphatic heterocycles. The molecule has 2 aromatic rings. The summed E-state index contributed by atoms with van der Waals surface area (Å²) in [6.07, 6.45) is 1.53. The monoisotopic (exact) mass is 379 g/mol. The summed E-state index contributed by atoms with van der Waals surface area (Å²) in [6, 6.07) is 9.49. The zero-order valence-electron chi connectivity index (χ0n) is 13.9. The summed E-state index contributed by atoms with van der Waals surface area (Å²) in [5.74, 6) is -0.866. The quantitative estimate of drug-likeness (QED) is 0.776. The van der Waals surface area contributed by atoms with Crippen LogP contribution >= 0.6 is 0 Å². The molecule has 0 aliphatic carbocycles. The molecular weight excluding hydrogens is 361 g/mol. The van der Waals surface area contributed by atoms with E-state index in [9.17, 15) is 22.4 Å². The van der Waals surface area contributed by atoms with E-state index in [1.165, 1.54) is 44.2 Å². The molecule has 0 unspecified atom stereocenters. The number of hydrogen-bond donors (Lipinski definition) is 0. The van der Waals surface area contributed by atoms with Crippen molar-refractivity contribution in [2.75, 3.05) is 26.2 Å². The molecule has 0 N–H and O–H groups in total. The van der Waals surface area contributed by atoms with Crippen LogP contribution in [-0.2, 0) is 21.4 Å². The lowest BCUT2D eigenvalue weighted by molar-refractivity contribution is -0.133. The number of piperazine rings is 1. The minimum Gasteiger partial charge on any atom is -0.339 e. The van der Waals surface area contributed by atoms with E-state index in [2.05, 4.69) is 0 Å². The highest BCUT2D eigenvalue weighted by Crippen LogP contribution is 2.18. The summed E-state index contributed by atoms with van der Waals surface area (Å²) in [6.45, 7) is 0.586. The van der Waals surface area contributed by atoms with Gasteiger partial charge in [-0.05, 0) is 24.3 Å². The lowest BCUT2D eigenvalue weighted by Crippen LogP contribution is -2.51. The molecule has 138 valence electrons. The van der Waals surface area contributed by atoms with Gasteiger partial charge in [0.2, 0.25) is 15.9 Å². The van der Waals surface area contributed by atoms with Crippen molar-refractivity contribution in [3.63, 3.8) is 0 Å². The van der Waals surface area contributed by atoms with Gasteiger partial charge < -0.3 is 9.47 Å². The molecule has 3 rings (SSSR count). The molecule has 26 heavy (non-hydrogen) atoms. The Morgan fingerprint density at radius 2 is 1.77 bits per heavy atom. The molecule has 0 atom stereocenters. The van der Waals surface area contributed by atoms with Crippen molar-refractivity contribution < 1.29 is 17.6 Å². The highest BCUT2D eigenvalue weighted by molar-refractivity contribution is 7.89. The molecule has 0 radical (unpaired) electrons. The summed E-state index contributed by atoms with van der Waals surface area (Å²) >= 11 is 0. The predicted octanol–water partition coefficient (Wildman–Crippen LogP) is 0.521. The van der Waals surface area contributed by atoms with Crippen LogP contribution in [0.4, 0.5) is 4.39 Å². The number of aromatic nitrogens is 1. The van der Waals surface area contributed by atoms with E-state index in [-0.39, 0.29) is 49.1 Å². The van der Waals surface area contributed by atoms with Crippen molar-refractivity contribution in [2.45, 2.75) is 11.4 Å². The van der Waals surface area contributed by atoms with Gasteiger partial charge in [-0.1, -0.05) is 12.1 Å². The first-order chi connectivity index (χ1) is 12.4. The third-order valence-electron chi connectivity index (χ3n) is 4.23. The van der Waals surface area contributed by atoms with Crippen LogP contribution in [-0.4, -0.2) is 54.3 Å². The van der Waals surface area contributed by atoms with Crippen LogP contribution < -0.4 is 5.56 Å². The van der Waals surface area contributed by atoms with E-state index in [0.717, 1.165) is 6.07 Å². The molecule has 2 heterocycles. The topological polar surface area (TPSA) is 79.7 Å². The number of halogens is 1. The number of carbonyl (C=O) groups is 1. The molecule has 0 saturated carbocycles. The van der Waals surface area contributed by atoms with Gasteiger partial charge in [-0.25, -0.2) is 12.8 Å². The third kappa shape index (κ3) is 3.83. The normalized spacial score (nSPS) is 15.8. The highest BCUT2D eigenvalue weighted by atomic mass is 32.2. The molecule has 1 aliphatic rings. The van der Waals surface area contributed by atoms with E-state index in [1.54, 1.807) is 12.1 Å². The Kier molecular flexibility index (Phi) is 5.19. The number of rotatable bonds is 4.